The lowest BCUT2D eigenvalue weighted by molar-refractivity contribution is -0.119. The summed E-state index contributed by atoms with van der Waals surface area (Å²) in [6.45, 7) is 3.61. The van der Waals surface area contributed by atoms with Gasteiger partial charge < -0.3 is 15.5 Å². The van der Waals surface area contributed by atoms with Gasteiger partial charge in [-0.15, -0.1) is 11.8 Å². The second kappa shape index (κ2) is 6.83. The van der Waals surface area contributed by atoms with Gasteiger partial charge >= 0.3 is 0 Å². The number of carbonyl (C=O) groups is 2. The van der Waals surface area contributed by atoms with Crippen molar-refractivity contribution in [1.82, 2.24) is 5.32 Å². The number of hydrogen-bond donors (Lipinski definition) is 2. The molecular formula is C15H17FN2O3S. The first-order chi connectivity index (χ1) is 10.4. The molecule has 0 aliphatic rings. The number of hydrogen-bond acceptors (Lipinski definition) is 4. The Balaban J connectivity index is 2.06. The Bertz CT molecular complexity index is 714. The highest BCUT2D eigenvalue weighted by Crippen LogP contribution is 2.29. The smallest absolute Gasteiger partial charge is 0.230 e. The molecule has 2 amide bonds. The van der Waals surface area contributed by atoms with Crippen LogP contribution in [0.4, 0.5) is 4.39 Å². The molecule has 1 heterocycles. The van der Waals surface area contributed by atoms with E-state index in [1.165, 1.54) is 12.1 Å². The Morgan fingerprint density at radius 2 is 2.14 bits per heavy atom. The maximum absolute atomic E-state index is 13.3. The summed E-state index contributed by atoms with van der Waals surface area (Å²) >= 11 is 1.15. The Morgan fingerprint density at radius 3 is 2.82 bits per heavy atom. The fourth-order valence-corrected chi connectivity index (χ4v) is 2.79. The number of thioether (sulfide) groups is 1. The highest BCUT2D eigenvalue weighted by Gasteiger charge is 2.18. The minimum Gasteiger partial charge on any atom is -0.459 e. The van der Waals surface area contributed by atoms with Gasteiger partial charge in [-0.25, -0.2) is 4.39 Å². The van der Waals surface area contributed by atoms with Crippen LogP contribution in [0.1, 0.15) is 24.3 Å². The second-order valence-corrected chi connectivity index (χ2v) is 5.97. The maximum atomic E-state index is 13.3. The number of nitrogens with two attached hydrogens (primary N) is 1. The van der Waals surface area contributed by atoms with Crippen molar-refractivity contribution in [2.24, 2.45) is 5.73 Å². The number of furan rings is 1. The molecule has 0 unspecified atom stereocenters. The van der Waals surface area contributed by atoms with Crippen molar-refractivity contribution in [3.63, 3.8) is 0 Å². The molecule has 0 aliphatic heterocycles. The predicted molar refractivity (Wildman–Crippen MR) is 84.0 cm³/mol. The van der Waals surface area contributed by atoms with Crippen molar-refractivity contribution < 1.29 is 18.4 Å². The molecule has 7 heteroatoms. The third-order valence-electron chi connectivity index (χ3n) is 3.18. The summed E-state index contributed by atoms with van der Waals surface area (Å²) in [5.41, 5.74) is 6.39. The van der Waals surface area contributed by atoms with Gasteiger partial charge in [0.2, 0.25) is 11.8 Å². The lowest BCUT2D eigenvalue weighted by Gasteiger charge is -2.12. The number of benzene rings is 1. The van der Waals surface area contributed by atoms with Crippen LogP contribution >= 0.6 is 11.8 Å². The van der Waals surface area contributed by atoms with E-state index in [2.05, 4.69) is 5.32 Å². The van der Waals surface area contributed by atoms with Crippen LogP contribution in [-0.2, 0) is 9.59 Å². The number of nitrogens with one attached hydrogen (secondary N) is 1. The molecule has 5 nitrogen and oxygen atoms in total. The topological polar surface area (TPSA) is 85.3 Å². The van der Waals surface area contributed by atoms with E-state index >= 15 is 0 Å². The number of aryl methyl sites for hydroxylation is 1. The summed E-state index contributed by atoms with van der Waals surface area (Å²) in [5.74, 6) is -0.173. The van der Waals surface area contributed by atoms with Crippen molar-refractivity contribution in [3.05, 3.63) is 35.3 Å². The zero-order valence-electron chi connectivity index (χ0n) is 12.3. The van der Waals surface area contributed by atoms with Gasteiger partial charge in [-0.05, 0) is 32.0 Å². The molecule has 118 valence electrons. The van der Waals surface area contributed by atoms with Crippen LogP contribution in [0.25, 0.3) is 11.0 Å². The maximum Gasteiger partial charge on any atom is 0.230 e. The van der Waals surface area contributed by atoms with Gasteiger partial charge in [-0.1, -0.05) is 0 Å². The summed E-state index contributed by atoms with van der Waals surface area (Å²) in [4.78, 5) is 22.4. The number of primary amides is 1. The van der Waals surface area contributed by atoms with E-state index in [1.807, 2.05) is 6.92 Å². The molecule has 1 aromatic heterocycles. The quantitative estimate of drug-likeness (QED) is 0.853. The third-order valence-corrected chi connectivity index (χ3v) is 4.14. The van der Waals surface area contributed by atoms with Crippen molar-refractivity contribution in [1.29, 1.82) is 0 Å². The first-order valence-corrected chi connectivity index (χ1v) is 7.88. The van der Waals surface area contributed by atoms with E-state index in [9.17, 15) is 14.0 Å². The predicted octanol–water partition coefficient (Wildman–Crippen LogP) is 2.28. The van der Waals surface area contributed by atoms with Crippen LogP contribution in [0.15, 0.2) is 22.6 Å². The summed E-state index contributed by atoms with van der Waals surface area (Å²) in [7, 11) is 0. The Labute approximate surface area is 131 Å². The Kier molecular flexibility index (Phi) is 5.07. The van der Waals surface area contributed by atoms with E-state index in [0.29, 0.717) is 16.7 Å². The fraction of sp³-hybridized carbons (Fsp3) is 0.333. The number of rotatable bonds is 6. The number of amides is 2. The average molecular weight is 324 g/mol. The summed E-state index contributed by atoms with van der Waals surface area (Å²) < 4.78 is 19.0. The zero-order chi connectivity index (χ0) is 16.3. The minimum atomic E-state index is -0.457. The molecule has 3 N–H and O–H groups in total. The van der Waals surface area contributed by atoms with Gasteiger partial charge in [0.05, 0.1) is 17.5 Å². The van der Waals surface area contributed by atoms with Gasteiger partial charge in [0.1, 0.15) is 17.2 Å². The fourth-order valence-electron chi connectivity index (χ4n) is 2.22. The molecule has 22 heavy (non-hydrogen) atoms. The van der Waals surface area contributed by atoms with Crippen molar-refractivity contribution in [2.45, 2.75) is 19.9 Å². The molecule has 1 atom stereocenters. The highest BCUT2D eigenvalue weighted by atomic mass is 32.2. The molecule has 0 spiro atoms. The van der Waals surface area contributed by atoms with Crippen LogP contribution in [0.5, 0.6) is 0 Å². The second-order valence-electron chi connectivity index (χ2n) is 4.98. The van der Waals surface area contributed by atoms with E-state index in [-0.39, 0.29) is 29.3 Å². The number of carbonyl (C=O) groups excluding carboxylic acids is 2. The molecule has 1 aromatic carbocycles. The van der Waals surface area contributed by atoms with E-state index in [1.54, 1.807) is 13.0 Å². The minimum absolute atomic E-state index is 0.102. The molecule has 2 rings (SSSR count). The molecule has 0 bridgehead atoms. The normalized spacial score (nSPS) is 12.3. The van der Waals surface area contributed by atoms with Crippen LogP contribution < -0.4 is 11.1 Å². The number of fused-ring (bicyclic) bond motifs is 1. The van der Waals surface area contributed by atoms with Crippen LogP contribution in [0.2, 0.25) is 0 Å². The zero-order valence-corrected chi connectivity index (χ0v) is 13.1. The van der Waals surface area contributed by atoms with E-state index in [0.717, 1.165) is 17.3 Å². The number of halogens is 1. The van der Waals surface area contributed by atoms with Crippen LogP contribution in [0, 0.1) is 12.7 Å². The summed E-state index contributed by atoms with van der Waals surface area (Å²) in [6.07, 6.45) is 0. The highest BCUT2D eigenvalue weighted by molar-refractivity contribution is 8.00. The molecule has 0 saturated heterocycles. The van der Waals surface area contributed by atoms with Gasteiger partial charge in [-0.3, -0.25) is 9.59 Å². The first kappa shape index (κ1) is 16.4. The van der Waals surface area contributed by atoms with Crippen LogP contribution in [0.3, 0.4) is 0 Å². The Morgan fingerprint density at radius 1 is 1.41 bits per heavy atom. The van der Waals surface area contributed by atoms with Gasteiger partial charge in [0, 0.05) is 10.9 Å². The van der Waals surface area contributed by atoms with Crippen LogP contribution in [-0.4, -0.2) is 23.3 Å². The summed E-state index contributed by atoms with van der Waals surface area (Å²) in [5, 5.41) is 3.48. The molecule has 0 fully saturated rings. The SMILES string of the molecule is Cc1c([C@@H](C)NC(=O)CSCC(N)=O)oc2ccc(F)cc12. The van der Waals surface area contributed by atoms with Crippen molar-refractivity contribution >= 4 is 34.5 Å². The van der Waals surface area contributed by atoms with Gasteiger partial charge in [-0.2, -0.15) is 0 Å². The third kappa shape index (κ3) is 3.79. The first-order valence-electron chi connectivity index (χ1n) is 6.72. The van der Waals surface area contributed by atoms with Crippen molar-refractivity contribution in [3.8, 4) is 0 Å². The molecule has 2 aromatic rings. The largest absolute Gasteiger partial charge is 0.459 e. The lowest BCUT2D eigenvalue weighted by Crippen LogP contribution is -2.29. The monoisotopic (exact) mass is 324 g/mol. The lowest BCUT2D eigenvalue weighted by atomic mass is 10.1. The standard InChI is InChI=1S/C15H17FN2O3S/c1-8-11-5-10(16)3-4-12(11)21-15(8)9(2)18-14(20)7-22-6-13(17)19/h3-5,9H,6-7H2,1-2H3,(H2,17,19)(H,18,20)/t9-/m1/s1. The van der Waals surface area contributed by atoms with Crippen molar-refractivity contribution in [2.75, 3.05) is 11.5 Å². The average Bonchev–Trinajstić information content (AvgIpc) is 2.75. The molecule has 0 saturated carbocycles. The molecule has 0 aliphatic carbocycles. The molecule has 0 radical (unpaired) electrons. The molecular weight excluding hydrogens is 307 g/mol. The van der Waals surface area contributed by atoms with E-state index in [4.69, 9.17) is 10.2 Å². The van der Waals surface area contributed by atoms with Gasteiger partial charge in [0.25, 0.3) is 0 Å². The van der Waals surface area contributed by atoms with E-state index < -0.39 is 5.91 Å². The summed E-state index contributed by atoms with van der Waals surface area (Å²) in [6, 6.07) is 3.96. The Hall–Kier alpha value is -2.02. The van der Waals surface area contributed by atoms with Gasteiger partial charge in [0.15, 0.2) is 0 Å².